The average molecular weight is 250 g/mol. The number of rotatable bonds is 6. The van der Waals surface area contributed by atoms with Crippen LogP contribution in [0.25, 0.3) is 0 Å². The second-order valence-corrected chi connectivity index (χ2v) is 3.27. The van der Waals surface area contributed by atoms with Gasteiger partial charge in [-0.1, -0.05) is 0 Å². The third kappa shape index (κ3) is 4.77. The fourth-order valence-electron chi connectivity index (χ4n) is 0.910. The molecule has 0 radical (unpaired) electrons. The summed E-state index contributed by atoms with van der Waals surface area (Å²) in [6.07, 6.45) is -4.78. The minimum absolute atomic E-state index is 0.132. The molecule has 8 heteroatoms. The molecule has 0 aliphatic rings. The van der Waals surface area contributed by atoms with Crippen LogP contribution in [-0.2, 0) is 4.79 Å². The van der Waals surface area contributed by atoms with Crippen molar-refractivity contribution in [3.8, 4) is 5.88 Å². The number of ether oxygens (including phenoxy) is 1. The largest absolute Gasteiger partial charge is 0.465 e. The van der Waals surface area contributed by atoms with E-state index >= 15 is 0 Å². The lowest BCUT2D eigenvalue weighted by Crippen LogP contribution is -2.38. The van der Waals surface area contributed by atoms with Crippen LogP contribution in [0, 0.1) is 6.92 Å². The molecule has 1 aromatic rings. The Labute approximate surface area is 95.5 Å². The van der Waals surface area contributed by atoms with Crippen LogP contribution in [0.2, 0.25) is 0 Å². The van der Waals surface area contributed by atoms with Crippen molar-refractivity contribution in [1.82, 2.24) is 10.5 Å². The maximum atomic E-state index is 11.9. The highest BCUT2D eigenvalue weighted by molar-refractivity contribution is 5.77. The van der Waals surface area contributed by atoms with Gasteiger partial charge in [0, 0.05) is 12.6 Å². The Morgan fingerprint density at radius 2 is 2.41 bits per heavy atom. The van der Waals surface area contributed by atoms with E-state index in [9.17, 15) is 13.6 Å². The highest BCUT2D eigenvalue weighted by Gasteiger charge is 2.17. The lowest BCUT2D eigenvalue weighted by molar-refractivity contribution is -0.124. The number of alkyl halides is 2. The van der Waals surface area contributed by atoms with Crippen molar-refractivity contribution in [3.05, 3.63) is 11.8 Å². The fourth-order valence-corrected chi connectivity index (χ4v) is 0.910. The summed E-state index contributed by atoms with van der Waals surface area (Å²) in [7, 11) is 0. The number of aliphatic hydroxyl groups is 1. The first kappa shape index (κ1) is 13.4. The summed E-state index contributed by atoms with van der Waals surface area (Å²) in [4.78, 5) is 11.1. The number of hydrogen-bond acceptors (Lipinski definition) is 5. The summed E-state index contributed by atoms with van der Waals surface area (Å²) in [6.45, 7) is 0.735. The van der Waals surface area contributed by atoms with Gasteiger partial charge in [-0.25, -0.2) is 8.78 Å². The predicted molar refractivity (Wildman–Crippen MR) is 51.8 cm³/mol. The van der Waals surface area contributed by atoms with Crippen molar-refractivity contribution in [1.29, 1.82) is 0 Å². The number of aliphatic hydroxyl groups excluding tert-OH is 1. The topological polar surface area (TPSA) is 84.6 Å². The smallest absolute Gasteiger partial charge is 0.265 e. The van der Waals surface area contributed by atoms with Crippen molar-refractivity contribution in [3.63, 3.8) is 0 Å². The third-order valence-corrected chi connectivity index (χ3v) is 1.76. The fraction of sp³-hybridized carbons (Fsp3) is 0.556. The van der Waals surface area contributed by atoms with E-state index in [1.807, 2.05) is 0 Å². The molecule has 0 aliphatic carbocycles. The van der Waals surface area contributed by atoms with Gasteiger partial charge in [0.15, 0.2) is 6.61 Å². The second kappa shape index (κ2) is 6.14. The summed E-state index contributed by atoms with van der Waals surface area (Å²) in [5.41, 5.74) is 0. The first-order valence-corrected chi connectivity index (χ1v) is 4.78. The molecule has 2 N–H and O–H groups in total. The van der Waals surface area contributed by atoms with Gasteiger partial charge in [-0.05, 0) is 12.1 Å². The summed E-state index contributed by atoms with van der Waals surface area (Å²) in [5.74, 6) is 0.0194. The Kier molecular flexibility index (Phi) is 4.83. The zero-order chi connectivity index (χ0) is 12.8. The maximum absolute atomic E-state index is 11.9. The number of halogens is 2. The van der Waals surface area contributed by atoms with Crippen LogP contribution in [0.15, 0.2) is 10.6 Å². The van der Waals surface area contributed by atoms with E-state index < -0.39 is 25.0 Å². The standard InChI is InChI=1S/C9H12F2N2O4/c1-5-2-8(13-17-5)16-4-7(15)12-3-6(14)9(10)11/h2,6,9,14H,3-4H2,1H3,(H,12,15). The van der Waals surface area contributed by atoms with Crippen LogP contribution in [-0.4, -0.2) is 41.9 Å². The monoisotopic (exact) mass is 250 g/mol. The van der Waals surface area contributed by atoms with Crippen molar-refractivity contribution >= 4 is 5.91 Å². The number of aryl methyl sites for hydroxylation is 1. The lowest BCUT2D eigenvalue weighted by atomic mass is 10.3. The number of nitrogens with one attached hydrogen (secondary N) is 1. The van der Waals surface area contributed by atoms with Gasteiger partial charge < -0.3 is 19.7 Å². The molecule has 0 fully saturated rings. The molecule has 0 aromatic carbocycles. The van der Waals surface area contributed by atoms with E-state index in [-0.39, 0.29) is 12.5 Å². The Balaban J connectivity index is 2.22. The summed E-state index contributed by atoms with van der Waals surface area (Å²) < 4.78 is 33.3. The Morgan fingerprint density at radius 1 is 1.71 bits per heavy atom. The van der Waals surface area contributed by atoms with Crippen molar-refractivity contribution in [2.75, 3.05) is 13.2 Å². The number of nitrogens with zero attached hydrogens (tertiary/aromatic N) is 1. The van der Waals surface area contributed by atoms with Gasteiger partial charge in [-0.3, -0.25) is 4.79 Å². The summed E-state index contributed by atoms with van der Waals surface area (Å²) in [6, 6.07) is 1.47. The minimum Gasteiger partial charge on any atom is -0.465 e. The number of carbonyl (C=O) groups is 1. The van der Waals surface area contributed by atoms with Crippen LogP contribution in [0.5, 0.6) is 5.88 Å². The molecule has 1 unspecified atom stereocenters. The van der Waals surface area contributed by atoms with E-state index in [1.54, 1.807) is 6.92 Å². The molecule has 1 amide bonds. The highest BCUT2D eigenvalue weighted by Crippen LogP contribution is 2.09. The number of carbonyl (C=O) groups excluding carboxylic acids is 1. The molecule has 0 bridgehead atoms. The van der Waals surface area contributed by atoms with Crippen LogP contribution >= 0.6 is 0 Å². The van der Waals surface area contributed by atoms with Gasteiger partial charge in [0.1, 0.15) is 11.9 Å². The predicted octanol–water partition coefficient (Wildman–Crippen LogP) is 0.104. The molecule has 0 aliphatic heterocycles. The SMILES string of the molecule is Cc1cc(OCC(=O)NCC(O)C(F)F)no1. The van der Waals surface area contributed by atoms with Crippen LogP contribution in [0.3, 0.4) is 0 Å². The molecular formula is C9H12F2N2O4. The number of amides is 1. The molecule has 17 heavy (non-hydrogen) atoms. The zero-order valence-corrected chi connectivity index (χ0v) is 9.02. The Bertz CT molecular complexity index is 370. The summed E-state index contributed by atoms with van der Waals surface area (Å²) in [5, 5.41) is 14.3. The molecule has 6 nitrogen and oxygen atoms in total. The molecular weight excluding hydrogens is 238 g/mol. The van der Waals surface area contributed by atoms with Gasteiger partial charge in [0.25, 0.3) is 18.2 Å². The van der Waals surface area contributed by atoms with Crippen LogP contribution in [0.4, 0.5) is 8.78 Å². The van der Waals surface area contributed by atoms with Gasteiger partial charge in [0.05, 0.1) is 0 Å². The maximum Gasteiger partial charge on any atom is 0.265 e. The van der Waals surface area contributed by atoms with E-state index in [1.165, 1.54) is 6.07 Å². The molecule has 0 saturated heterocycles. The van der Waals surface area contributed by atoms with Crippen molar-refractivity contribution in [2.24, 2.45) is 0 Å². The molecule has 1 aromatic heterocycles. The van der Waals surface area contributed by atoms with E-state index in [0.29, 0.717) is 5.76 Å². The van der Waals surface area contributed by atoms with E-state index in [2.05, 4.69) is 15.0 Å². The Morgan fingerprint density at radius 3 is 2.94 bits per heavy atom. The van der Waals surface area contributed by atoms with Crippen LogP contribution < -0.4 is 10.1 Å². The average Bonchev–Trinajstić information content (AvgIpc) is 2.69. The number of hydrogen-bond donors (Lipinski definition) is 2. The molecule has 0 spiro atoms. The van der Waals surface area contributed by atoms with Gasteiger partial charge in [0.2, 0.25) is 0 Å². The van der Waals surface area contributed by atoms with Crippen LogP contribution in [0.1, 0.15) is 5.76 Å². The quantitative estimate of drug-likeness (QED) is 0.748. The Hall–Kier alpha value is -1.70. The van der Waals surface area contributed by atoms with Crippen molar-refractivity contribution < 1.29 is 27.9 Å². The minimum atomic E-state index is -2.89. The normalized spacial score (nSPS) is 12.5. The van der Waals surface area contributed by atoms with E-state index in [4.69, 9.17) is 9.84 Å². The first-order chi connectivity index (χ1) is 7.99. The number of aromatic nitrogens is 1. The van der Waals surface area contributed by atoms with Crippen molar-refractivity contribution in [2.45, 2.75) is 19.5 Å². The highest BCUT2D eigenvalue weighted by atomic mass is 19.3. The molecule has 96 valence electrons. The summed E-state index contributed by atoms with van der Waals surface area (Å²) >= 11 is 0. The lowest BCUT2D eigenvalue weighted by Gasteiger charge is -2.10. The first-order valence-electron chi connectivity index (χ1n) is 4.78. The molecule has 1 rings (SSSR count). The van der Waals surface area contributed by atoms with Gasteiger partial charge in [-0.15, -0.1) is 0 Å². The molecule has 1 heterocycles. The van der Waals surface area contributed by atoms with Gasteiger partial charge >= 0.3 is 0 Å². The van der Waals surface area contributed by atoms with Gasteiger partial charge in [-0.2, -0.15) is 0 Å². The second-order valence-electron chi connectivity index (χ2n) is 3.27. The third-order valence-electron chi connectivity index (χ3n) is 1.76. The van der Waals surface area contributed by atoms with E-state index in [0.717, 1.165) is 0 Å². The molecule has 1 atom stereocenters. The molecule has 0 saturated carbocycles. The zero-order valence-electron chi connectivity index (χ0n) is 9.02.